The van der Waals surface area contributed by atoms with Crippen molar-refractivity contribution in [3.63, 3.8) is 0 Å². The molecule has 242 valence electrons. The molecule has 8 aromatic rings. The molecule has 8 rings (SSSR count). The molecule has 1 aromatic heterocycles. The van der Waals surface area contributed by atoms with Gasteiger partial charge in [-0.2, -0.15) is 0 Å². The summed E-state index contributed by atoms with van der Waals surface area (Å²) >= 11 is 1.44. The van der Waals surface area contributed by atoms with E-state index in [1.54, 1.807) is 42.5 Å². The quantitative estimate of drug-likeness (QED) is 0.0493. The van der Waals surface area contributed by atoms with Gasteiger partial charge in [-0.25, -0.2) is 0 Å². The summed E-state index contributed by atoms with van der Waals surface area (Å²) in [5, 5.41) is 109. The van der Waals surface area contributed by atoms with Gasteiger partial charge < -0.3 is 51.1 Å². The zero-order chi connectivity index (χ0) is 34.5. The molecule has 1 heterocycles. The van der Waals surface area contributed by atoms with Crippen LogP contribution in [0.25, 0.3) is 75.1 Å². The number of hydrogen-bond acceptors (Lipinski definition) is 11. The Kier molecular flexibility index (Phi) is 6.29. The van der Waals surface area contributed by atoms with Gasteiger partial charge in [0, 0.05) is 25.7 Å². The minimum atomic E-state index is -1.05. The predicted octanol–water partition coefficient (Wildman–Crippen LogP) is 8.42. The Morgan fingerprint density at radius 1 is 0.327 bits per heavy atom. The van der Waals surface area contributed by atoms with Crippen LogP contribution in [0.2, 0.25) is 0 Å². The molecule has 10 N–H and O–H groups in total. The summed E-state index contributed by atoms with van der Waals surface area (Å²) in [7, 11) is 0. The summed E-state index contributed by atoms with van der Waals surface area (Å²) in [5.41, 5.74) is 1.75. The van der Waals surface area contributed by atoms with Crippen LogP contribution in [0.4, 0.5) is 0 Å². The van der Waals surface area contributed by atoms with E-state index in [2.05, 4.69) is 0 Å². The van der Waals surface area contributed by atoms with Crippen LogP contribution in [-0.4, -0.2) is 51.1 Å². The van der Waals surface area contributed by atoms with Crippen LogP contribution in [0.1, 0.15) is 0 Å². The molecule has 0 aliphatic rings. The highest BCUT2D eigenvalue weighted by Gasteiger charge is 2.29. The topological polar surface area (TPSA) is 202 Å². The molecule has 0 amide bonds. The minimum Gasteiger partial charge on any atom is -0.504 e. The van der Waals surface area contributed by atoms with Gasteiger partial charge in [0.15, 0.2) is 23.0 Å². The smallest absolute Gasteiger partial charge is 0.208 e. The van der Waals surface area contributed by atoms with E-state index >= 15 is 0 Å². The Morgan fingerprint density at radius 2 is 0.776 bits per heavy atom. The van der Waals surface area contributed by atoms with Gasteiger partial charge in [0.2, 0.25) is 34.5 Å². The first-order chi connectivity index (χ1) is 23.5. The fourth-order valence-corrected chi connectivity index (χ4v) is 7.93. The van der Waals surface area contributed by atoms with E-state index in [4.69, 9.17) is 0 Å². The van der Waals surface area contributed by atoms with Crippen LogP contribution in [-0.2, 0) is 0 Å². The monoisotopic (exact) mass is 672 g/mol. The lowest BCUT2D eigenvalue weighted by Crippen LogP contribution is -1.92. The first kappa shape index (κ1) is 29.7. The summed E-state index contributed by atoms with van der Waals surface area (Å²) < 4.78 is 1.65. The maximum atomic E-state index is 11.0. The van der Waals surface area contributed by atoms with E-state index in [1.807, 2.05) is 42.5 Å². The number of benzene rings is 7. The Morgan fingerprint density at radius 3 is 1.29 bits per heavy atom. The molecule has 0 radical (unpaired) electrons. The molecule has 49 heavy (non-hydrogen) atoms. The average molecular weight is 673 g/mol. The molecular formula is C38H24O10S. The molecule has 7 aromatic carbocycles. The summed E-state index contributed by atoms with van der Waals surface area (Å²) in [4.78, 5) is 0. The lowest BCUT2D eigenvalue weighted by atomic mass is 9.84. The van der Waals surface area contributed by atoms with Crippen molar-refractivity contribution in [1.82, 2.24) is 0 Å². The van der Waals surface area contributed by atoms with E-state index < -0.39 is 57.5 Å². The Labute approximate surface area is 279 Å². The van der Waals surface area contributed by atoms with E-state index in [-0.39, 0.29) is 16.7 Å². The van der Waals surface area contributed by atoms with Crippen molar-refractivity contribution < 1.29 is 51.1 Å². The van der Waals surface area contributed by atoms with Crippen LogP contribution in [0.15, 0.2) is 84.9 Å². The Bertz CT molecular complexity index is 2620. The molecule has 0 atom stereocenters. The molecular weight excluding hydrogens is 648 g/mol. The van der Waals surface area contributed by atoms with Crippen LogP contribution in [0.3, 0.4) is 0 Å². The van der Waals surface area contributed by atoms with Crippen LogP contribution in [0.5, 0.6) is 57.5 Å². The van der Waals surface area contributed by atoms with Crippen LogP contribution >= 0.6 is 11.3 Å². The lowest BCUT2D eigenvalue weighted by molar-refractivity contribution is 0.330. The molecule has 0 fully saturated rings. The molecule has 0 saturated carbocycles. The molecule has 0 aliphatic carbocycles. The molecule has 0 spiro atoms. The number of aromatic hydroxyl groups is 10. The van der Waals surface area contributed by atoms with Crippen molar-refractivity contribution in [1.29, 1.82) is 0 Å². The van der Waals surface area contributed by atoms with Crippen molar-refractivity contribution in [3.05, 3.63) is 84.9 Å². The Balaban J connectivity index is 1.45. The summed E-state index contributed by atoms with van der Waals surface area (Å²) in [5.74, 6) is -9.16. The first-order valence-corrected chi connectivity index (χ1v) is 15.6. The summed E-state index contributed by atoms with van der Waals surface area (Å²) in [6.45, 7) is 0. The third-order valence-electron chi connectivity index (χ3n) is 8.98. The van der Waals surface area contributed by atoms with Gasteiger partial charge in [-0.15, -0.1) is 11.3 Å². The van der Waals surface area contributed by atoms with Gasteiger partial charge in [-0.3, -0.25) is 0 Å². The highest BCUT2D eigenvalue weighted by molar-refractivity contribution is 7.26. The number of hydrogen-bond donors (Lipinski definition) is 10. The molecule has 10 nitrogen and oxygen atoms in total. The molecule has 0 bridgehead atoms. The highest BCUT2D eigenvalue weighted by atomic mass is 32.1. The SMILES string of the molecule is Oc1c(O)c(O)c(-c2ccc3c(c2)sc2cccc(-c4c5ccccc5c(-c5c(O)c(O)c(O)c(O)c5O)c5ccccc45)c23)c(O)c1O. The zero-order valence-electron chi connectivity index (χ0n) is 25.0. The third-order valence-corrected chi connectivity index (χ3v) is 10.1. The Hall–Kier alpha value is -6.72. The van der Waals surface area contributed by atoms with Crippen molar-refractivity contribution in [2.45, 2.75) is 0 Å². The maximum absolute atomic E-state index is 11.0. The summed E-state index contributed by atoms with van der Waals surface area (Å²) in [6, 6.07) is 25.5. The summed E-state index contributed by atoms with van der Waals surface area (Å²) in [6.07, 6.45) is 0. The average Bonchev–Trinajstić information content (AvgIpc) is 3.50. The fourth-order valence-electron chi connectivity index (χ4n) is 6.76. The van der Waals surface area contributed by atoms with Crippen molar-refractivity contribution in [2.24, 2.45) is 0 Å². The van der Waals surface area contributed by atoms with Crippen molar-refractivity contribution >= 4 is 53.1 Å². The van der Waals surface area contributed by atoms with E-state index in [9.17, 15) is 51.1 Å². The first-order valence-electron chi connectivity index (χ1n) is 14.8. The van der Waals surface area contributed by atoms with E-state index in [1.165, 1.54) is 11.3 Å². The van der Waals surface area contributed by atoms with Gasteiger partial charge in [0.05, 0.1) is 11.1 Å². The van der Waals surface area contributed by atoms with Gasteiger partial charge in [0.25, 0.3) is 0 Å². The molecule has 0 aliphatic heterocycles. The predicted molar refractivity (Wildman–Crippen MR) is 187 cm³/mol. The second-order valence-electron chi connectivity index (χ2n) is 11.6. The number of fused-ring (bicyclic) bond motifs is 5. The van der Waals surface area contributed by atoms with Crippen molar-refractivity contribution in [3.8, 4) is 90.9 Å². The van der Waals surface area contributed by atoms with Crippen LogP contribution in [0, 0.1) is 0 Å². The number of rotatable bonds is 3. The zero-order valence-corrected chi connectivity index (χ0v) is 25.8. The van der Waals surface area contributed by atoms with Crippen molar-refractivity contribution in [2.75, 3.05) is 0 Å². The molecule has 11 heteroatoms. The van der Waals surface area contributed by atoms with E-state index in [0.29, 0.717) is 16.3 Å². The minimum absolute atomic E-state index is 0.252. The second kappa shape index (κ2) is 10.4. The lowest BCUT2D eigenvalue weighted by Gasteiger charge is -2.20. The molecule has 0 saturated heterocycles. The number of phenols is 10. The third kappa shape index (κ3) is 3.99. The van der Waals surface area contributed by atoms with Gasteiger partial charge in [-0.05, 0) is 50.4 Å². The largest absolute Gasteiger partial charge is 0.504 e. The second-order valence-corrected chi connectivity index (χ2v) is 12.7. The van der Waals surface area contributed by atoms with Gasteiger partial charge in [0.1, 0.15) is 0 Å². The number of phenolic OH excluding ortho intramolecular Hbond substituents is 10. The molecule has 0 unspecified atom stereocenters. The van der Waals surface area contributed by atoms with Gasteiger partial charge >= 0.3 is 0 Å². The maximum Gasteiger partial charge on any atom is 0.208 e. The highest BCUT2D eigenvalue weighted by Crippen LogP contribution is 2.59. The van der Waals surface area contributed by atoms with Gasteiger partial charge in [-0.1, -0.05) is 72.8 Å². The fraction of sp³-hybridized carbons (Fsp3) is 0. The standard InChI is InChI=1S/C38H24O10S/c39-29-24(30(40)34(44)37(47)33(29)43)15-12-13-20-23(14-15)49-22-11-5-10-21(26(20)22)25-16-6-1-3-8-18(16)27(19-9-4-2-7-17(19)25)28-31(41)35(45)38(48)36(46)32(28)42/h1-14,39-48H. The van der Waals surface area contributed by atoms with Crippen LogP contribution < -0.4 is 0 Å². The van der Waals surface area contributed by atoms with E-state index in [0.717, 1.165) is 42.1 Å². The number of thiophene rings is 1. The normalized spacial score (nSPS) is 11.7.